The van der Waals surface area contributed by atoms with Gasteiger partial charge in [-0.25, -0.2) is 9.67 Å². The average Bonchev–Trinajstić information content (AvgIpc) is 3.45. The minimum Gasteiger partial charge on any atom is -0.352 e. The summed E-state index contributed by atoms with van der Waals surface area (Å²) in [5.74, 6) is 1.55. The molecule has 5 rings (SSSR count). The van der Waals surface area contributed by atoms with E-state index in [-0.39, 0.29) is 5.91 Å². The molecule has 0 atom stereocenters. The number of piperazine rings is 1. The van der Waals surface area contributed by atoms with Gasteiger partial charge in [0, 0.05) is 37.9 Å². The predicted octanol–water partition coefficient (Wildman–Crippen LogP) is 3.37. The van der Waals surface area contributed by atoms with Crippen LogP contribution in [-0.2, 0) is 0 Å². The molecule has 8 nitrogen and oxygen atoms in total. The lowest BCUT2D eigenvalue weighted by molar-refractivity contribution is 0.0750. The van der Waals surface area contributed by atoms with Crippen molar-refractivity contribution in [3.63, 3.8) is 0 Å². The number of thiazole rings is 1. The Labute approximate surface area is 190 Å². The topological polar surface area (TPSA) is 80.0 Å². The Balaban J connectivity index is 1.24. The van der Waals surface area contributed by atoms with Gasteiger partial charge >= 0.3 is 0 Å². The molecule has 32 heavy (non-hydrogen) atoms. The summed E-state index contributed by atoms with van der Waals surface area (Å²) in [6.45, 7) is 6.55. The highest BCUT2D eigenvalue weighted by Crippen LogP contribution is 2.29. The molecule has 1 saturated heterocycles. The molecule has 0 N–H and O–H groups in total. The summed E-state index contributed by atoms with van der Waals surface area (Å²) < 4.78 is 1.71. The van der Waals surface area contributed by atoms with Crippen molar-refractivity contribution < 1.29 is 4.79 Å². The Morgan fingerprint density at radius 3 is 2.28 bits per heavy atom. The number of carbonyl (C=O) groups is 1. The molecule has 0 spiro atoms. The third-order valence-electron chi connectivity index (χ3n) is 5.50. The number of amides is 1. The molecule has 0 aliphatic carbocycles. The second-order valence-electron chi connectivity index (χ2n) is 7.73. The monoisotopic (exact) mass is 445 g/mol. The lowest BCUT2D eigenvalue weighted by atomic mass is 10.2. The maximum atomic E-state index is 13.2. The van der Waals surface area contributed by atoms with Crippen LogP contribution in [0.2, 0.25) is 0 Å². The third kappa shape index (κ3) is 3.99. The quantitative estimate of drug-likeness (QED) is 0.479. The number of hydrogen-bond acceptors (Lipinski definition) is 7. The largest absolute Gasteiger partial charge is 0.352 e. The minimum absolute atomic E-state index is 0.0531. The number of benzene rings is 1. The van der Waals surface area contributed by atoms with Gasteiger partial charge in [0.25, 0.3) is 5.91 Å². The highest BCUT2D eigenvalue weighted by atomic mass is 32.1. The van der Waals surface area contributed by atoms with Crippen molar-refractivity contribution in [1.82, 2.24) is 29.9 Å². The molecule has 162 valence electrons. The predicted molar refractivity (Wildman–Crippen MR) is 124 cm³/mol. The van der Waals surface area contributed by atoms with Gasteiger partial charge in [-0.3, -0.25) is 4.79 Å². The van der Waals surface area contributed by atoms with E-state index in [4.69, 9.17) is 0 Å². The fourth-order valence-electron chi connectivity index (χ4n) is 3.73. The Morgan fingerprint density at radius 2 is 1.62 bits per heavy atom. The van der Waals surface area contributed by atoms with Crippen LogP contribution in [0.4, 0.5) is 5.82 Å². The molecule has 9 heteroatoms. The number of aryl methyl sites for hydroxylation is 2. The van der Waals surface area contributed by atoms with E-state index < -0.39 is 0 Å². The van der Waals surface area contributed by atoms with Gasteiger partial charge in [0.1, 0.15) is 9.88 Å². The number of aromatic nitrogens is 5. The van der Waals surface area contributed by atoms with E-state index in [2.05, 4.69) is 25.2 Å². The summed E-state index contributed by atoms with van der Waals surface area (Å²) in [4.78, 5) is 22.6. The van der Waals surface area contributed by atoms with Gasteiger partial charge < -0.3 is 9.80 Å². The van der Waals surface area contributed by atoms with Crippen LogP contribution < -0.4 is 4.90 Å². The molecule has 1 fully saturated rings. The first-order chi connectivity index (χ1) is 15.6. The van der Waals surface area contributed by atoms with Gasteiger partial charge in [-0.15, -0.1) is 21.5 Å². The third-order valence-corrected chi connectivity index (χ3v) is 6.69. The van der Waals surface area contributed by atoms with Crippen molar-refractivity contribution in [3.05, 3.63) is 71.0 Å². The van der Waals surface area contributed by atoms with E-state index in [0.29, 0.717) is 32.0 Å². The highest BCUT2D eigenvalue weighted by Gasteiger charge is 2.26. The van der Waals surface area contributed by atoms with E-state index in [1.807, 2.05) is 73.5 Å². The molecule has 4 aromatic rings. The zero-order chi connectivity index (χ0) is 22.1. The van der Waals surface area contributed by atoms with Crippen LogP contribution in [0.1, 0.15) is 21.1 Å². The van der Waals surface area contributed by atoms with E-state index in [1.165, 1.54) is 11.3 Å². The molecule has 0 saturated carbocycles. The van der Waals surface area contributed by atoms with Crippen molar-refractivity contribution in [2.24, 2.45) is 0 Å². The Bertz CT molecular complexity index is 1220. The summed E-state index contributed by atoms with van der Waals surface area (Å²) in [6, 6.07) is 15.8. The zero-order valence-electron chi connectivity index (χ0n) is 18.0. The van der Waals surface area contributed by atoms with Crippen molar-refractivity contribution in [1.29, 1.82) is 0 Å². The van der Waals surface area contributed by atoms with Crippen molar-refractivity contribution in [2.45, 2.75) is 13.8 Å². The smallest absolute Gasteiger partial charge is 0.265 e. The maximum Gasteiger partial charge on any atom is 0.265 e. The van der Waals surface area contributed by atoms with Gasteiger partial charge in [-0.1, -0.05) is 30.3 Å². The zero-order valence-corrected chi connectivity index (χ0v) is 18.8. The molecule has 0 radical (unpaired) electrons. The van der Waals surface area contributed by atoms with Crippen LogP contribution in [-0.4, -0.2) is 61.9 Å². The van der Waals surface area contributed by atoms with E-state index in [0.717, 1.165) is 32.7 Å². The standard InChI is InChI=1S/C23H23N7OS/c1-16-10-11-30(27-16)20-9-8-19(25-26-20)28-12-14-29(15-13-28)23(31)21-17(2)24-22(32-21)18-6-4-3-5-7-18/h3-11H,12-15H2,1-2H3. The van der Waals surface area contributed by atoms with E-state index in [9.17, 15) is 4.79 Å². The van der Waals surface area contributed by atoms with Crippen LogP contribution in [0.5, 0.6) is 0 Å². The summed E-state index contributed by atoms with van der Waals surface area (Å²) in [7, 11) is 0. The Kier molecular flexibility index (Phi) is 5.40. The number of rotatable bonds is 4. The maximum absolute atomic E-state index is 13.2. The van der Waals surface area contributed by atoms with Crippen LogP contribution >= 0.6 is 11.3 Å². The van der Waals surface area contributed by atoms with Crippen molar-refractivity contribution >= 4 is 23.1 Å². The van der Waals surface area contributed by atoms with Gasteiger partial charge in [-0.2, -0.15) is 5.10 Å². The fraction of sp³-hybridized carbons (Fsp3) is 0.261. The fourth-order valence-corrected chi connectivity index (χ4v) is 4.77. The molecule has 1 amide bonds. The molecule has 1 aliphatic heterocycles. The average molecular weight is 446 g/mol. The van der Waals surface area contributed by atoms with Crippen LogP contribution in [0, 0.1) is 13.8 Å². The molecule has 3 aromatic heterocycles. The molecule has 1 aliphatic rings. The molecular formula is C23H23N7OS. The lowest BCUT2D eigenvalue weighted by Crippen LogP contribution is -2.49. The van der Waals surface area contributed by atoms with Gasteiger partial charge in [-0.05, 0) is 32.0 Å². The molecule has 0 bridgehead atoms. The first kappa shape index (κ1) is 20.3. The Morgan fingerprint density at radius 1 is 0.906 bits per heavy atom. The number of hydrogen-bond donors (Lipinski definition) is 0. The first-order valence-electron chi connectivity index (χ1n) is 10.5. The normalized spacial score (nSPS) is 14.1. The summed E-state index contributed by atoms with van der Waals surface area (Å²) in [6.07, 6.45) is 1.87. The van der Waals surface area contributed by atoms with E-state index >= 15 is 0 Å². The van der Waals surface area contributed by atoms with Gasteiger partial charge in [0.15, 0.2) is 11.6 Å². The summed E-state index contributed by atoms with van der Waals surface area (Å²) >= 11 is 1.47. The van der Waals surface area contributed by atoms with E-state index in [1.54, 1.807) is 4.68 Å². The molecule has 1 aromatic carbocycles. The Hall–Kier alpha value is -3.59. The van der Waals surface area contributed by atoms with Crippen molar-refractivity contribution in [3.8, 4) is 16.4 Å². The number of nitrogens with zero attached hydrogens (tertiary/aromatic N) is 7. The van der Waals surface area contributed by atoms with Crippen LogP contribution in [0.15, 0.2) is 54.7 Å². The number of anilines is 1. The van der Waals surface area contributed by atoms with Gasteiger partial charge in [0.05, 0.1) is 11.4 Å². The molecule has 0 unspecified atom stereocenters. The SMILES string of the molecule is Cc1ccn(-c2ccc(N3CCN(C(=O)c4sc(-c5ccccc5)nc4C)CC3)nn2)n1. The van der Waals surface area contributed by atoms with Crippen LogP contribution in [0.25, 0.3) is 16.4 Å². The second kappa shape index (κ2) is 8.51. The molecule has 4 heterocycles. The first-order valence-corrected chi connectivity index (χ1v) is 11.3. The second-order valence-corrected chi connectivity index (χ2v) is 8.73. The minimum atomic E-state index is 0.0531. The summed E-state index contributed by atoms with van der Waals surface area (Å²) in [5.41, 5.74) is 2.76. The van der Waals surface area contributed by atoms with Crippen molar-refractivity contribution in [2.75, 3.05) is 31.1 Å². The lowest BCUT2D eigenvalue weighted by Gasteiger charge is -2.35. The van der Waals surface area contributed by atoms with Crippen LogP contribution in [0.3, 0.4) is 0 Å². The van der Waals surface area contributed by atoms with Gasteiger partial charge in [0.2, 0.25) is 0 Å². The highest BCUT2D eigenvalue weighted by molar-refractivity contribution is 7.17. The number of carbonyl (C=O) groups excluding carboxylic acids is 1. The molecular weight excluding hydrogens is 422 g/mol. The summed E-state index contributed by atoms with van der Waals surface area (Å²) in [5, 5.41) is 13.9.